The van der Waals surface area contributed by atoms with Crippen LogP contribution in [-0.2, 0) is 19.1 Å². The lowest BCUT2D eigenvalue weighted by atomic mass is 9.96. The highest BCUT2D eigenvalue weighted by Crippen LogP contribution is 2.39. The number of ether oxygens (including phenoxy) is 3. The Morgan fingerprint density at radius 3 is 2.12 bits per heavy atom. The second-order valence-corrected chi connectivity index (χ2v) is 17.4. The average Bonchev–Trinajstić information content (AvgIpc) is 4.09. The first kappa shape index (κ1) is 42.9. The van der Waals surface area contributed by atoms with Crippen LogP contribution in [0.15, 0.2) is 54.9 Å². The first-order valence-corrected chi connectivity index (χ1v) is 22.1. The van der Waals surface area contributed by atoms with E-state index in [4.69, 9.17) is 24.2 Å². The molecule has 2 saturated heterocycles. The molecule has 2 fully saturated rings. The highest BCUT2D eigenvalue weighted by molar-refractivity contribution is 5.86. The Hall–Kier alpha value is -5.17. The number of rotatable bonds is 8. The number of nitrogens with zero attached hydrogens (tertiary/aromatic N) is 4. The lowest BCUT2D eigenvalue weighted by Gasteiger charge is -2.30. The summed E-state index contributed by atoms with van der Waals surface area (Å²) in [5, 5.41) is 2.71. The number of fused-ring (bicyclic) bond motifs is 7. The quantitative estimate of drug-likeness (QED) is 0.159. The molecule has 60 heavy (non-hydrogen) atoms. The van der Waals surface area contributed by atoms with E-state index >= 15 is 0 Å². The summed E-state index contributed by atoms with van der Waals surface area (Å²) in [6.45, 7) is 12.6. The van der Waals surface area contributed by atoms with E-state index in [-0.39, 0.29) is 47.8 Å². The summed E-state index contributed by atoms with van der Waals surface area (Å²) in [5.41, 5.74) is 5.71. The number of amides is 3. The molecule has 3 N–H and O–H groups in total. The monoisotopic (exact) mass is 821 g/mol. The molecule has 0 unspecified atom stereocenters. The molecule has 0 radical (unpaired) electrons. The Balaban J connectivity index is 1.11. The van der Waals surface area contributed by atoms with E-state index in [1.807, 2.05) is 43.0 Å². The predicted molar refractivity (Wildman–Crippen MR) is 231 cm³/mol. The van der Waals surface area contributed by atoms with Crippen molar-refractivity contribution in [2.24, 2.45) is 17.8 Å². The van der Waals surface area contributed by atoms with Gasteiger partial charge in [0.05, 0.1) is 55.7 Å². The molecule has 3 aliphatic heterocycles. The average molecular weight is 822 g/mol. The molecular formula is C47H63N7O6. The van der Waals surface area contributed by atoms with Crippen molar-refractivity contribution in [1.29, 1.82) is 0 Å². The topological polar surface area (TPSA) is 155 Å². The molecule has 0 saturated carbocycles. The maximum absolute atomic E-state index is 13.8. The van der Waals surface area contributed by atoms with Gasteiger partial charge in [0, 0.05) is 37.6 Å². The second kappa shape index (κ2) is 19.5. The van der Waals surface area contributed by atoms with Gasteiger partial charge >= 0.3 is 6.09 Å². The second-order valence-electron chi connectivity index (χ2n) is 17.4. The molecule has 0 spiro atoms. The van der Waals surface area contributed by atoms with Crippen LogP contribution >= 0.6 is 0 Å². The van der Waals surface area contributed by atoms with Gasteiger partial charge in [-0.25, -0.2) is 14.8 Å². The molecule has 4 bridgehead atoms. The summed E-state index contributed by atoms with van der Waals surface area (Å²) in [4.78, 5) is 59.9. The molecule has 4 aromatic rings. The van der Waals surface area contributed by atoms with Gasteiger partial charge in [-0.2, -0.15) is 0 Å². The number of H-pyrrole nitrogens is 2. The van der Waals surface area contributed by atoms with Crippen molar-refractivity contribution >= 4 is 17.9 Å². The number of imidazole rings is 2. The van der Waals surface area contributed by atoms with Crippen LogP contribution in [0.25, 0.3) is 33.6 Å². The third kappa shape index (κ3) is 9.72. The number of carbonyl (C=O) groups is 3. The van der Waals surface area contributed by atoms with Crippen molar-refractivity contribution in [3.05, 3.63) is 66.5 Å². The van der Waals surface area contributed by atoms with E-state index in [0.29, 0.717) is 19.7 Å². The Labute approximate surface area is 354 Å². The molecule has 2 aromatic carbocycles. The summed E-state index contributed by atoms with van der Waals surface area (Å²) in [6.07, 6.45) is 12.0. The molecule has 2 aromatic heterocycles. The van der Waals surface area contributed by atoms with Crippen LogP contribution in [0.4, 0.5) is 4.79 Å². The standard InChI is InChI=1S/C47H63N7O6/c1-29(2)31(5)45(55)54-28-35-25-40(54)44-49-27-38(51-44)36-20-19-34(24-41(36)60-23-12-10-8-7-9-11-22-59-35)32-15-17-33(18-16-32)37-26-48-43(50-37)39-14-13-21-53(39)46(56)42(30(3)4)52-47(57)58-6/h15-20,24,26-27,29-31,35,39-40,42H,7-14,21-23,25,28H2,1-6H3,(H,48,50)(H,49,51)(H,52,57)/t31-,35-,39-,40-,42-/m0/s1. The third-order valence-electron chi connectivity index (χ3n) is 12.6. The van der Waals surface area contributed by atoms with E-state index in [9.17, 15) is 14.4 Å². The number of hydrogen-bond donors (Lipinski definition) is 3. The van der Waals surface area contributed by atoms with Crippen LogP contribution in [-0.4, -0.2) is 93.2 Å². The minimum atomic E-state index is -0.688. The van der Waals surface area contributed by atoms with Crippen molar-refractivity contribution in [2.75, 3.05) is 33.4 Å². The maximum atomic E-state index is 13.8. The number of carbonyl (C=O) groups excluding carboxylic acids is 3. The van der Waals surface area contributed by atoms with Crippen LogP contribution in [0.2, 0.25) is 0 Å². The first-order chi connectivity index (χ1) is 29.0. The highest BCUT2D eigenvalue weighted by Gasteiger charge is 2.41. The number of likely N-dealkylation sites (tertiary alicyclic amines) is 2. The van der Waals surface area contributed by atoms with E-state index in [1.165, 1.54) is 13.5 Å². The van der Waals surface area contributed by atoms with Gasteiger partial charge in [0.15, 0.2) is 0 Å². The van der Waals surface area contributed by atoms with Gasteiger partial charge < -0.3 is 39.3 Å². The number of aromatic nitrogens is 4. The van der Waals surface area contributed by atoms with E-state index in [2.05, 4.69) is 71.6 Å². The summed E-state index contributed by atoms with van der Waals surface area (Å²) >= 11 is 0. The van der Waals surface area contributed by atoms with Crippen LogP contribution in [0.5, 0.6) is 5.75 Å². The number of nitrogens with one attached hydrogen (secondary N) is 3. The molecule has 0 aliphatic carbocycles. The van der Waals surface area contributed by atoms with Crippen LogP contribution < -0.4 is 10.1 Å². The van der Waals surface area contributed by atoms with Crippen LogP contribution in [0, 0.1) is 17.8 Å². The van der Waals surface area contributed by atoms with E-state index < -0.39 is 12.1 Å². The zero-order chi connectivity index (χ0) is 42.3. The number of hydrogen-bond acceptors (Lipinski definition) is 8. The Kier molecular flexibility index (Phi) is 13.9. The van der Waals surface area contributed by atoms with Gasteiger partial charge in [-0.1, -0.05) is 90.6 Å². The fourth-order valence-corrected chi connectivity index (χ4v) is 8.69. The van der Waals surface area contributed by atoms with Crippen molar-refractivity contribution in [3.63, 3.8) is 0 Å². The molecule has 13 nitrogen and oxygen atoms in total. The minimum absolute atomic E-state index is 0.0141. The Morgan fingerprint density at radius 1 is 0.750 bits per heavy atom. The van der Waals surface area contributed by atoms with Crippen molar-refractivity contribution in [3.8, 4) is 39.4 Å². The van der Waals surface area contributed by atoms with Gasteiger partial charge in [0.1, 0.15) is 23.4 Å². The lowest BCUT2D eigenvalue weighted by molar-refractivity contribution is -0.138. The molecular weight excluding hydrogens is 759 g/mol. The zero-order valence-corrected chi connectivity index (χ0v) is 36.2. The molecule has 3 amide bonds. The largest absolute Gasteiger partial charge is 0.493 e. The Bertz CT molecular complexity index is 2080. The molecule has 7 rings (SSSR count). The molecule has 3 aliphatic rings. The summed E-state index contributed by atoms with van der Waals surface area (Å²) in [7, 11) is 1.30. The molecule has 322 valence electrons. The number of aromatic amines is 2. The lowest BCUT2D eigenvalue weighted by Crippen LogP contribution is -2.51. The van der Waals surface area contributed by atoms with Gasteiger partial charge in [0.25, 0.3) is 0 Å². The van der Waals surface area contributed by atoms with E-state index in [0.717, 1.165) is 109 Å². The minimum Gasteiger partial charge on any atom is -0.493 e. The fourth-order valence-electron chi connectivity index (χ4n) is 8.69. The van der Waals surface area contributed by atoms with Gasteiger partial charge in [-0.3, -0.25) is 9.59 Å². The Morgan fingerprint density at radius 2 is 1.40 bits per heavy atom. The SMILES string of the molecule is COC(=O)N[C@H](C(=O)N1CCC[C@H]1c1ncc(-c2ccc(-c3ccc4c(c3)OCCCCCCCCO[C@H]3C[C@@H](c5ncc-4[nH]5)N(C(=O)[C@@H](C)C(C)C)C3)cc2)[nH]1)C(C)C. The number of methoxy groups -OCH3 is 1. The van der Waals surface area contributed by atoms with Crippen LogP contribution in [0.1, 0.15) is 116 Å². The van der Waals surface area contributed by atoms with Crippen LogP contribution in [0.3, 0.4) is 0 Å². The van der Waals surface area contributed by atoms with Crippen molar-refractivity contribution < 1.29 is 28.6 Å². The van der Waals surface area contributed by atoms with Gasteiger partial charge in [-0.05, 0) is 66.3 Å². The van der Waals surface area contributed by atoms with Crippen molar-refractivity contribution in [1.82, 2.24) is 35.1 Å². The van der Waals surface area contributed by atoms with E-state index in [1.54, 1.807) is 0 Å². The molecule has 5 atom stereocenters. The maximum Gasteiger partial charge on any atom is 0.407 e. The number of alkyl carbamates (subject to hydrolysis) is 1. The smallest absolute Gasteiger partial charge is 0.407 e. The van der Waals surface area contributed by atoms with Gasteiger partial charge in [-0.15, -0.1) is 0 Å². The summed E-state index contributed by atoms with van der Waals surface area (Å²) in [5.74, 6) is 2.35. The number of benzene rings is 2. The van der Waals surface area contributed by atoms with Crippen molar-refractivity contribution in [2.45, 2.75) is 117 Å². The summed E-state index contributed by atoms with van der Waals surface area (Å²) in [6, 6.07) is 13.6. The fraction of sp³-hybridized carbons (Fsp3) is 0.553. The molecule has 13 heteroatoms. The summed E-state index contributed by atoms with van der Waals surface area (Å²) < 4.78 is 17.7. The first-order valence-electron chi connectivity index (χ1n) is 22.1. The molecule has 5 heterocycles. The zero-order valence-electron chi connectivity index (χ0n) is 36.2. The van der Waals surface area contributed by atoms with Gasteiger partial charge in [0.2, 0.25) is 11.8 Å². The highest BCUT2D eigenvalue weighted by atomic mass is 16.5. The predicted octanol–water partition coefficient (Wildman–Crippen LogP) is 8.86. The third-order valence-corrected chi connectivity index (χ3v) is 12.6. The normalized spacial score (nSPS) is 21.2.